The number of para-hydroxylation sites is 1. The minimum absolute atomic E-state index is 0.0189. The van der Waals surface area contributed by atoms with Gasteiger partial charge in [0.2, 0.25) is 0 Å². The Labute approximate surface area is 159 Å². The van der Waals surface area contributed by atoms with Crippen molar-refractivity contribution in [2.45, 2.75) is 18.4 Å². The Morgan fingerprint density at radius 3 is 2.93 bits per heavy atom. The summed E-state index contributed by atoms with van der Waals surface area (Å²) in [5.41, 5.74) is 3.77. The standard InChI is InChI=1S/C22H25N3O2/c26-16-6-7-20-19(14-16)18-8-10-23-22(21(18)24-20)9-11-25(15-22)12-13-27-17-4-2-1-3-5-17/h1-7,14,23-24,26H,8-13,15H2/t22-/m1/s1. The van der Waals surface area contributed by atoms with Crippen LogP contribution in [0, 0.1) is 0 Å². The molecule has 0 aliphatic carbocycles. The molecule has 0 radical (unpaired) electrons. The van der Waals surface area contributed by atoms with Crippen molar-refractivity contribution < 1.29 is 9.84 Å². The molecule has 5 nitrogen and oxygen atoms in total. The van der Waals surface area contributed by atoms with Gasteiger partial charge in [-0.25, -0.2) is 0 Å². The highest BCUT2D eigenvalue weighted by Gasteiger charge is 2.43. The Balaban J connectivity index is 1.33. The second-order valence-corrected chi connectivity index (χ2v) is 7.65. The van der Waals surface area contributed by atoms with Crippen molar-refractivity contribution in [1.29, 1.82) is 0 Å². The number of benzene rings is 2. The topological polar surface area (TPSA) is 60.5 Å². The van der Waals surface area contributed by atoms with Crippen molar-refractivity contribution in [3.8, 4) is 11.5 Å². The SMILES string of the molecule is Oc1ccc2[nH]c3c(c2c1)CCN[C@@]31CCN(CCOc2ccccc2)C1. The van der Waals surface area contributed by atoms with Crippen LogP contribution >= 0.6 is 0 Å². The molecule has 0 unspecified atom stereocenters. The minimum atomic E-state index is -0.0189. The van der Waals surface area contributed by atoms with Crippen LogP contribution in [0.2, 0.25) is 0 Å². The molecule has 2 aliphatic rings. The average Bonchev–Trinajstić information content (AvgIpc) is 3.26. The molecule has 3 N–H and O–H groups in total. The Morgan fingerprint density at radius 2 is 2.04 bits per heavy atom. The number of aromatic nitrogens is 1. The van der Waals surface area contributed by atoms with Gasteiger partial charge >= 0.3 is 0 Å². The van der Waals surface area contributed by atoms with Crippen LogP contribution in [0.15, 0.2) is 48.5 Å². The molecule has 0 amide bonds. The minimum Gasteiger partial charge on any atom is -0.508 e. The highest BCUT2D eigenvalue weighted by molar-refractivity contribution is 5.86. The summed E-state index contributed by atoms with van der Waals surface area (Å²) in [5.74, 6) is 1.27. The maximum atomic E-state index is 9.89. The van der Waals surface area contributed by atoms with E-state index in [1.807, 2.05) is 42.5 Å². The van der Waals surface area contributed by atoms with E-state index in [0.29, 0.717) is 12.4 Å². The molecule has 1 atom stereocenters. The zero-order chi connectivity index (χ0) is 18.3. The van der Waals surface area contributed by atoms with Crippen LogP contribution in [-0.2, 0) is 12.0 Å². The zero-order valence-corrected chi connectivity index (χ0v) is 15.4. The molecule has 1 saturated heterocycles. The lowest BCUT2D eigenvalue weighted by molar-refractivity contribution is 0.218. The average molecular weight is 363 g/mol. The van der Waals surface area contributed by atoms with Gasteiger partial charge in [0.25, 0.3) is 0 Å². The molecule has 27 heavy (non-hydrogen) atoms. The second kappa shape index (κ2) is 6.59. The molecule has 0 saturated carbocycles. The molecular weight excluding hydrogens is 338 g/mol. The molecule has 5 heteroatoms. The quantitative estimate of drug-likeness (QED) is 0.667. The molecule has 1 fully saturated rings. The number of phenols is 1. The first kappa shape index (κ1) is 16.7. The smallest absolute Gasteiger partial charge is 0.119 e. The van der Waals surface area contributed by atoms with Gasteiger partial charge in [-0.15, -0.1) is 0 Å². The van der Waals surface area contributed by atoms with Crippen LogP contribution in [-0.4, -0.2) is 47.8 Å². The van der Waals surface area contributed by atoms with Crippen molar-refractivity contribution in [1.82, 2.24) is 15.2 Å². The van der Waals surface area contributed by atoms with Crippen LogP contribution in [0.5, 0.6) is 11.5 Å². The first-order chi connectivity index (χ1) is 13.2. The van der Waals surface area contributed by atoms with E-state index in [0.717, 1.165) is 55.7 Å². The first-order valence-corrected chi connectivity index (χ1v) is 9.73. The Morgan fingerprint density at radius 1 is 1.15 bits per heavy atom. The van der Waals surface area contributed by atoms with E-state index in [9.17, 15) is 5.11 Å². The van der Waals surface area contributed by atoms with E-state index < -0.39 is 0 Å². The molecular formula is C22H25N3O2. The van der Waals surface area contributed by atoms with Crippen LogP contribution in [0.4, 0.5) is 0 Å². The van der Waals surface area contributed by atoms with Crippen molar-refractivity contribution in [2.24, 2.45) is 0 Å². The van der Waals surface area contributed by atoms with Gasteiger partial charge in [-0.2, -0.15) is 0 Å². The fourth-order valence-electron chi connectivity index (χ4n) is 4.66. The van der Waals surface area contributed by atoms with Crippen LogP contribution < -0.4 is 10.1 Å². The molecule has 1 aromatic heterocycles. The van der Waals surface area contributed by atoms with Crippen molar-refractivity contribution in [3.63, 3.8) is 0 Å². The van der Waals surface area contributed by atoms with Gasteiger partial charge in [-0.05, 0) is 48.7 Å². The summed E-state index contributed by atoms with van der Waals surface area (Å²) in [6, 6.07) is 15.6. The number of phenolic OH excluding ortho intramolecular Hbond substituents is 1. The lowest BCUT2D eigenvalue weighted by Crippen LogP contribution is -2.49. The lowest BCUT2D eigenvalue weighted by atomic mass is 9.86. The highest BCUT2D eigenvalue weighted by atomic mass is 16.5. The largest absolute Gasteiger partial charge is 0.508 e. The number of likely N-dealkylation sites (tertiary alicyclic amines) is 1. The van der Waals surface area contributed by atoms with Crippen LogP contribution in [0.25, 0.3) is 10.9 Å². The number of hydrogen-bond donors (Lipinski definition) is 3. The van der Waals surface area contributed by atoms with Gasteiger partial charge in [0.15, 0.2) is 0 Å². The van der Waals surface area contributed by atoms with E-state index in [2.05, 4.69) is 15.2 Å². The second-order valence-electron chi connectivity index (χ2n) is 7.65. The summed E-state index contributed by atoms with van der Waals surface area (Å²) >= 11 is 0. The van der Waals surface area contributed by atoms with Crippen molar-refractivity contribution in [2.75, 3.05) is 32.8 Å². The van der Waals surface area contributed by atoms with Crippen LogP contribution in [0.1, 0.15) is 17.7 Å². The summed E-state index contributed by atoms with van der Waals surface area (Å²) < 4.78 is 5.88. The number of aromatic hydroxyl groups is 1. The van der Waals surface area contributed by atoms with Crippen LogP contribution in [0.3, 0.4) is 0 Å². The fraction of sp³-hybridized carbons (Fsp3) is 0.364. The third-order valence-corrected chi connectivity index (χ3v) is 5.97. The number of hydrogen-bond acceptors (Lipinski definition) is 4. The van der Waals surface area contributed by atoms with E-state index >= 15 is 0 Å². The third-order valence-electron chi connectivity index (χ3n) is 5.97. The van der Waals surface area contributed by atoms with Gasteiger partial charge in [0.05, 0.1) is 5.54 Å². The lowest BCUT2D eigenvalue weighted by Gasteiger charge is -2.35. The van der Waals surface area contributed by atoms with Crippen molar-refractivity contribution >= 4 is 10.9 Å². The number of H-pyrrole nitrogens is 1. The molecule has 1 spiro atoms. The Bertz CT molecular complexity index is 953. The third kappa shape index (κ3) is 2.97. The predicted molar refractivity (Wildman–Crippen MR) is 106 cm³/mol. The monoisotopic (exact) mass is 363 g/mol. The number of fused-ring (bicyclic) bond motifs is 4. The Hall–Kier alpha value is -2.50. The van der Waals surface area contributed by atoms with Gasteiger partial charge < -0.3 is 20.1 Å². The maximum Gasteiger partial charge on any atom is 0.119 e. The molecule has 3 aromatic rings. The molecule has 140 valence electrons. The molecule has 0 bridgehead atoms. The van der Waals surface area contributed by atoms with Gasteiger partial charge in [-0.1, -0.05) is 18.2 Å². The number of rotatable bonds is 4. The first-order valence-electron chi connectivity index (χ1n) is 9.73. The van der Waals surface area contributed by atoms with Gasteiger partial charge in [-0.3, -0.25) is 4.90 Å². The van der Waals surface area contributed by atoms with Gasteiger partial charge in [0, 0.05) is 42.8 Å². The van der Waals surface area contributed by atoms with Gasteiger partial charge in [0.1, 0.15) is 18.1 Å². The number of aromatic amines is 1. The molecule has 3 heterocycles. The predicted octanol–water partition coefficient (Wildman–Crippen LogP) is 3.00. The van der Waals surface area contributed by atoms with E-state index in [4.69, 9.17) is 4.74 Å². The Kier molecular flexibility index (Phi) is 4.06. The van der Waals surface area contributed by atoms with E-state index in [1.165, 1.54) is 11.3 Å². The molecule has 2 aromatic carbocycles. The molecule has 2 aliphatic heterocycles. The summed E-state index contributed by atoms with van der Waals surface area (Å²) in [4.78, 5) is 6.13. The maximum absolute atomic E-state index is 9.89. The zero-order valence-electron chi connectivity index (χ0n) is 15.4. The summed E-state index contributed by atoms with van der Waals surface area (Å²) in [6.45, 7) is 4.65. The number of nitrogens with zero attached hydrogens (tertiary/aromatic N) is 1. The number of nitrogens with one attached hydrogen (secondary N) is 2. The van der Waals surface area contributed by atoms with E-state index in [1.54, 1.807) is 6.07 Å². The molecule has 5 rings (SSSR count). The summed E-state index contributed by atoms with van der Waals surface area (Å²) in [6.07, 6.45) is 2.09. The van der Waals surface area contributed by atoms with Crippen molar-refractivity contribution in [3.05, 3.63) is 59.8 Å². The normalized spacial score (nSPS) is 22.4. The summed E-state index contributed by atoms with van der Waals surface area (Å²) in [5, 5.41) is 14.8. The highest BCUT2D eigenvalue weighted by Crippen LogP contribution is 2.40. The number of ether oxygens (including phenoxy) is 1. The van der Waals surface area contributed by atoms with E-state index in [-0.39, 0.29) is 5.54 Å². The fourth-order valence-corrected chi connectivity index (χ4v) is 4.66. The summed E-state index contributed by atoms with van der Waals surface area (Å²) in [7, 11) is 0.